The van der Waals surface area contributed by atoms with Crippen molar-refractivity contribution in [3.05, 3.63) is 77.5 Å². The van der Waals surface area contributed by atoms with Crippen LogP contribution in [-0.2, 0) is 13.0 Å². The molecular formula is C24H28N2O. The van der Waals surface area contributed by atoms with Crippen molar-refractivity contribution in [2.45, 2.75) is 46.6 Å². The molecule has 0 aliphatic rings. The van der Waals surface area contributed by atoms with Gasteiger partial charge >= 0.3 is 0 Å². The van der Waals surface area contributed by atoms with Gasteiger partial charge in [0.1, 0.15) is 5.69 Å². The maximum absolute atomic E-state index is 13.1. The van der Waals surface area contributed by atoms with Crippen LogP contribution in [0.5, 0.6) is 0 Å². The molecule has 3 aromatic rings. The van der Waals surface area contributed by atoms with Gasteiger partial charge in [-0.3, -0.25) is 4.79 Å². The number of carbonyl (C=O) groups excluding carboxylic acids is 1. The Labute approximate surface area is 161 Å². The molecule has 0 aliphatic heterocycles. The predicted molar refractivity (Wildman–Crippen MR) is 115 cm³/mol. The zero-order valence-corrected chi connectivity index (χ0v) is 16.7. The number of fused-ring (bicyclic) bond motifs is 1. The van der Waals surface area contributed by atoms with Crippen LogP contribution in [0.2, 0.25) is 0 Å². The molecule has 3 rings (SSSR count). The van der Waals surface area contributed by atoms with Gasteiger partial charge in [0.2, 0.25) is 0 Å². The molecule has 140 valence electrons. The molecule has 2 aromatic carbocycles. The maximum atomic E-state index is 13.1. The van der Waals surface area contributed by atoms with E-state index in [4.69, 9.17) is 0 Å². The number of benzene rings is 2. The fraction of sp³-hybridized carbons (Fsp3) is 0.292. The average molecular weight is 361 g/mol. The quantitative estimate of drug-likeness (QED) is 0.532. The number of amides is 1. The lowest BCUT2D eigenvalue weighted by molar-refractivity contribution is 0.101. The van der Waals surface area contributed by atoms with Gasteiger partial charge in [-0.15, -0.1) is 6.58 Å². The van der Waals surface area contributed by atoms with Crippen LogP contribution in [0.15, 0.2) is 55.1 Å². The monoisotopic (exact) mass is 360 g/mol. The van der Waals surface area contributed by atoms with Crippen LogP contribution in [0.4, 0.5) is 5.69 Å². The first kappa shape index (κ1) is 19.0. The third kappa shape index (κ3) is 3.68. The molecule has 0 aliphatic carbocycles. The highest BCUT2D eigenvalue weighted by atomic mass is 16.2. The molecule has 0 unspecified atom stereocenters. The smallest absolute Gasteiger partial charge is 0.272 e. The Morgan fingerprint density at radius 2 is 1.89 bits per heavy atom. The van der Waals surface area contributed by atoms with Crippen molar-refractivity contribution in [2.75, 3.05) is 5.32 Å². The number of hydrogen-bond donors (Lipinski definition) is 1. The molecule has 1 amide bonds. The molecule has 0 saturated carbocycles. The van der Waals surface area contributed by atoms with E-state index in [0.717, 1.165) is 28.6 Å². The van der Waals surface area contributed by atoms with E-state index < -0.39 is 0 Å². The molecular weight excluding hydrogens is 332 g/mol. The van der Waals surface area contributed by atoms with Crippen LogP contribution < -0.4 is 5.32 Å². The van der Waals surface area contributed by atoms with Gasteiger partial charge < -0.3 is 9.88 Å². The maximum Gasteiger partial charge on any atom is 0.272 e. The van der Waals surface area contributed by atoms with Gasteiger partial charge in [0.05, 0.1) is 0 Å². The molecule has 0 spiro atoms. The van der Waals surface area contributed by atoms with Crippen molar-refractivity contribution in [2.24, 2.45) is 0 Å². The van der Waals surface area contributed by atoms with E-state index in [9.17, 15) is 4.79 Å². The van der Waals surface area contributed by atoms with E-state index in [1.807, 2.05) is 25.1 Å². The van der Waals surface area contributed by atoms with E-state index in [0.29, 0.717) is 18.2 Å². The summed E-state index contributed by atoms with van der Waals surface area (Å²) in [5, 5.41) is 4.19. The summed E-state index contributed by atoms with van der Waals surface area (Å²) in [6.45, 7) is 13.0. The minimum Gasteiger partial charge on any atom is -0.332 e. The molecule has 3 heteroatoms. The second kappa shape index (κ2) is 7.83. The lowest BCUT2D eigenvalue weighted by atomic mass is 10.0. The highest BCUT2D eigenvalue weighted by molar-refractivity contribution is 6.08. The first-order valence-corrected chi connectivity index (χ1v) is 9.60. The average Bonchev–Trinajstić information content (AvgIpc) is 2.94. The van der Waals surface area contributed by atoms with Crippen molar-refractivity contribution in [1.29, 1.82) is 0 Å². The van der Waals surface area contributed by atoms with Crippen LogP contribution >= 0.6 is 0 Å². The molecule has 3 nitrogen and oxygen atoms in total. The number of carbonyl (C=O) groups is 1. The summed E-state index contributed by atoms with van der Waals surface area (Å²) >= 11 is 0. The molecule has 0 saturated heterocycles. The van der Waals surface area contributed by atoms with Gasteiger partial charge in [-0.2, -0.15) is 0 Å². The third-order valence-electron chi connectivity index (χ3n) is 5.15. The predicted octanol–water partition coefficient (Wildman–Crippen LogP) is 6.07. The first-order valence-electron chi connectivity index (χ1n) is 9.60. The Bertz CT molecular complexity index is 978. The number of hydrogen-bond acceptors (Lipinski definition) is 1. The number of aryl methyl sites for hydroxylation is 2. The summed E-state index contributed by atoms with van der Waals surface area (Å²) in [6, 6.07) is 14.5. The van der Waals surface area contributed by atoms with E-state index in [1.54, 1.807) is 0 Å². The zero-order chi connectivity index (χ0) is 19.6. The van der Waals surface area contributed by atoms with E-state index in [1.165, 1.54) is 11.1 Å². The third-order valence-corrected chi connectivity index (χ3v) is 5.15. The number of anilines is 1. The van der Waals surface area contributed by atoms with Crippen molar-refractivity contribution >= 4 is 22.5 Å². The SMILES string of the molecule is C=CCn1c(C(=O)Nc2ccc(CC)cc2)c(C)c2cc(C(C)C)ccc21. The molecule has 0 radical (unpaired) electrons. The summed E-state index contributed by atoms with van der Waals surface area (Å²) in [7, 11) is 0. The fourth-order valence-corrected chi connectivity index (χ4v) is 3.52. The summed E-state index contributed by atoms with van der Waals surface area (Å²) in [4.78, 5) is 13.1. The second-order valence-electron chi connectivity index (χ2n) is 7.31. The van der Waals surface area contributed by atoms with Crippen LogP contribution in [0.25, 0.3) is 10.9 Å². The van der Waals surface area contributed by atoms with Gasteiger partial charge in [0.15, 0.2) is 0 Å². The summed E-state index contributed by atoms with van der Waals surface area (Å²) < 4.78 is 2.05. The Morgan fingerprint density at radius 1 is 1.19 bits per heavy atom. The van der Waals surface area contributed by atoms with Gasteiger partial charge in [0, 0.05) is 23.1 Å². The molecule has 1 N–H and O–H groups in total. The van der Waals surface area contributed by atoms with Crippen molar-refractivity contribution in [1.82, 2.24) is 4.57 Å². The molecule has 0 bridgehead atoms. The standard InChI is InChI=1S/C24H28N2O/c1-6-14-26-22-13-10-19(16(3)4)15-21(22)17(5)23(26)24(27)25-20-11-8-18(7-2)9-12-20/h6,8-13,15-16H,1,7,14H2,2-5H3,(H,25,27). The van der Waals surface area contributed by atoms with E-state index in [2.05, 4.69) is 67.6 Å². The van der Waals surface area contributed by atoms with Crippen molar-refractivity contribution in [3.63, 3.8) is 0 Å². The van der Waals surface area contributed by atoms with Crippen LogP contribution in [-0.4, -0.2) is 10.5 Å². The highest BCUT2D eigenvalue weighted by Crippen LogP contribution is 2.29. The largest absolute Gasteiger partial charge is 0.332 e. The number of allylic oxidation sites excluding steroid dienone is 1. The van der Waals surface area contributed by atoms with Crippen LogP contribution in [0, 0.1) is 6.92 Å². The van der Waals surface area contributed by atoms with Crippen LogP contribution in [0.1, 0.15) is 53.9 Å². The number of rotatable bonds is 6. The Kier molecular flexibility index (Phi) is 5.50. The van der Waals surface area contributed by atoms with Crippen molar-refractivity contribution in [3.8, 4) is 0 Å². The zero-order valence-electron chi connectivity index (χ0n) is 16.7. The number of nitrogens with zero attached hydrogens (tertiary/aromatic N) is 1. The summed E-state index contributed by atoms with van der Waals surface area (Å²) in [5.74, 6) is 0.367. The van der Waals surface area contributed by atoms with Crippen molar-refractivity contribution < 1.29 is 4.79 Å². The minimum absolute atomic E-state index is 0.0825. The van der Waals surface area contributed by atoms with E-state index in [-0.39, 0.29) is 5.91 Å². The summed E-state index contributed by atoms with van der Waals surface area (Å²) in [5.41, 5.74) is 6.13. The summed E-state index contributed by atoms with van der Waals surface area (Å²) in [6.07, 6.45) is 2.82. The molecule has 1 aromatic heterocycles. The lowest BCUT2D eigenvalue weighted by Crippen LogP contribution is -2.18. The number of nitrogens with one attached hydrogen (secondary N) is 1. The number of aromatic nitrogens is 1. The second-order valence-corrected chi connectivity index (χ2v) is 7.31. The molecule has 0 atom stereocenters. The molecule has 27 heavy (non-hydrogen) atoms. The Morgan fingerprint density at radius 3 is 2.48 bits per heavy atom. The Hall–Kier alpha value is -2.81. The fourth-order valence-electron chi connectivity index (χ4n) is 3.52. The van der Waals surface area contributed by atoms with Gasteiger partial charge in [-0.1, -0.05) is 45.0 Å². The highest BCUT2D eigenvalue weighted by Gasteiger charge is 2.20. The van der Waals surface area contributed by atoms with Gasteiger partial charge in [0.25, 0.3) is 5.91 Å². The normalized spacial score (nSPS) is 11.1. The topological polar surface area (TPSA) is 34.0 Å². The molecule has 0 fully saturated rings. The molecule has 1 heterocycles. The van der Waals surface area contributed by atoms with E-state index >= 15 is 0 Å². The van der Waals surface area contributed by atoms with Crippen LogP contribution in [0.3, 0.4) is 0 Å². The Balaban J connectivity index is 2.05. The van der Waals surface area contributed by atoms with Gasteiger partial charge in [-0.25, -0.2) is 0 Å². The first-order chi connectivity index (χ1) is 13.0. The lowest BCUT2D eigenvalue weighted by Gasteiger charge is -2.11. The minimum atomic E-state index is -0.0825. The van der Waals surface area contributed by atoms with Gasteiger partial charge in [-0.05, 0) is 60.2 Å².